The maximum atomic E-state index is 12.5. The molecule has 2 atom stereocenters. The van der Waals surface area contributed by atoms with E-state index in [1.54, 1.807) is 60.2 Å². The highest BCUT2D eigenvalue weighted by Gasteiger charge is 2.64. The number of H-pyrrole nitrogens is 2. The zero-order chi connectivity index (χ0) is 91.3. The molecule has 2 aliphatic carbocycles. The second kappa shape index (κ2) is 41.3. The number of carboxylic acid groups (broad SMARTS) is 1. The summed E-state index contributed by atoms with van der Waals surface area (Å²) in [4.78, 5) is 99.2. The molecule has 0 spiro atoms. The molecule has 668 valence electrons. The molecule has 19 rings (SSSR count). The van der Waals surface area contributed by atoms with Crippen LogP contribution in [0.5, 0.6) is 17.2 Å². The predicted molar refractivity (Wildman–Crippen MR) is 531 cm³/mol. The summed E-state index contributed by atoms with van der Waals surface area (Å²) in [5.74, 6) is 3.96. The first-order valence-electron chi connectivity index (χ1n) is 42.8. The molecule has 30 heteroatoms. The summed E-state index contributed by atoms with van der Waals surface area (Å²) in [6, 6.07) is 65.3. The molecule has 2 unspecified atom stereocenters. The molecular formula is C100H104N16O9S5. The number of amides is 2. The van der Waals surface area contributed by atoms with Crippen molar-refractivity contribution >= 4 is 164 Å². The van der Waals surface area contributed by atoms with Crippen LogP contribution in [-0.2, 0) is 30.7 Å². The molecule has 10 heterocycles. The molecule has 7 N–H and O–H groups in total. The van der Waals surface area contributed by atoms with Crippen LogP contribution < -0.4 is 40.9 Å². The molecule has 16 aromatic rings. The summed E-state index contributed by atoms with van der Waals surface area (Å²) >= 11 is 16.1. The topological polar surface area (TPSA) is 312 Å². The van der Waals surface area contributed by atoms with Crippen molar-refractivity contribution < 1.29 is 41.3 Å². The van der Waals surface area contributed by atoms with Gasteiger partial charge >= 0.3 is 5.97 Å². The highest BCUT2D eigenvalue weighted by molar-refractivity contribution is 7.99. The fourth-order valence-electron chi connectivity index (χ4n) is 16.4. The molecule has 2 fully saturated rings. The third-order valence-corrected chi connectivity index (χ3v) is 27.2. The fraction of sp³-hybridized carbons (Fsp3) is 0.250. The number of Topliss-reactive ketones (excluding diaryl/α,β-unsaturated/α-hetero) is 1. The fourth-order valence-corrected chi connectivity index (χ4v) is 19.6. The van der Waals surface area contributed by atoms with Crippen molar-refractivity contribution in [2.45, 2.75) is 109 Å². The Morgan fingerprint density at radius 1 is 0.738 bits per heavy atom. The molecule has 0 bridgehead atoms. The van der Waals surface area contributed by atoms with Crippen LogP contribution in [0.3, 0.4) is 0 Å². The highest BCUT2D eigenvalue weighted by Crippen LogP contribution is 2.70. The minimum absolute atomic E-state index is 0. The Labute approximate surface area is 778 Å². The Hall–Kier alpha value is -13.5. The van der Waals surface area contributed by atoms with Gasteiger partial charge in [0.2, 0.25) is 23.2 Å². The van der Waals surface area contributed by atoms with Crippen LogP contribution in [0, 0.1) is 39.0 Å². The van der Waals surface area contributed by atoms with E-state index < -0.39 is 17.3 Å². The lowest BCUT2D eigenvalue weighted by molar-refractivity contribution is -0.116. The lowest BCUT2D eigenvalue weighted by atomic mass is 9.98. The number of fused-ring (bicyclic) bond motifs is 8. The van der Waals surface area contributed by atoms with Crippen LogP contribution in [0.4, 0.5) is 17.6 Å². The number of ketones is 1. The zero-order valence-electron chi connectivity index (χ0n) is 73.5. The first kappa shape index (κ1) is 91.2. The number of carboxylic acids is 1. The number of aromatic nitrogens is 10. The molecule has 0 radical (unpaired) electrons. The van der Waals surface area contributed by atoms with Gasteiger partial charge in [0.05, 0.1) is 87.4 Å². The van der Waals surface area contributed by atoms with Crippen molar-refractivity contribution in [3.05, 3.63) is 301 Å². The van der Waals surface area contributed by atoms with Crippen LogP contribution in [0.1, 0.15) is 123 Å². The van der Waals surface area contributed by atoms with Gasteiger partial charge in [-0.3, -0.25) is 29.5 Å². The van der Waals surface area contributed by atoms with Crippen LogP contribution in [0.2, 0.25) is 0 Å². The van der Waals surface area contributed by atoms with Gasteiger partial charge in [0.15, 0.2) is 16.7 Å². The molecule has 1 saturated heterocycles. The number of rotatable bonds is 24. The number of thiophene rings is 2. The van der Waals surface area contributed by atoms with Crippen molar-refractivity contribution in [2.75, 3.05) is 69.1 Å². The number of benzene rings is 7. The van der Waals surface area contributed by atoms with E-state index in [9.17, 15) is 29.1 Å². The third-order valence-electron chi connectivity index (χ3n) is 23.4. The van der Waals surface area contributed by atoms with Gasteiger partial charge in [-0.05, 0) is 179 Å². The largest absolute Gasteiger partial charge is 0.497 e. The number of nitrogens with two attached hydrogens (primary N) is 1. The van der Waals surface area contributed by atoms with Gasteiger partial charge in [0.25, 0.3) is 5.91 Å². The average molecular weight is 1830 g/mol. The number of carbonyl (C=O) groups is 4. The Bertz CT molecular complexity index is 6850. The maximum Gasteiger partial charge on any atom is 0.341 e. The van der Waals surface area contributed by atoms with Gasteiger partial charge in [0, 0.05) is 133 Å². The van der Waals surface area contributed by atoms with Crippen LogP contribution in [0.15, 0.2) is 245 Å². The van der Waals surface area contributed by atoms with Crippen LogP contribution in [0.25, 0.3) is 59.8 Å². The highest BCUT2D eigenvalue weighted by atomic mass is 32.2. The van der Waals surface area contributed by atoms with Crippen molar-refractivity contribution in [3.63, 3.8) is 0 Å². The van der Waals surface area contributed by atoms with Crippen LogP contribution in [-0.4, -0.2) is 151 Å². The molecule has 1 aliphatic heterocycles. The predicted octanol–water partition coefficient (Wildman–Crippen LogP) is 20.3. The number of thiocarbonyl (C=S) groups is 2. The smallest absolute Gasteiger partial charge is 0.341 e. The van der Waals surface area contributed by atoms with Gasteiger partial charge in [-0.25, -0.2) is 24.4 Å². The number of aromatic amines is 2. The van der Waals surface area contributed by atoms with Crippen molar-refractivity contribution in [2.24, 2.45) is 17.1 Å². The number of pyridine rings is 3. The second-order valence-electron chi connectivity index (χ2n) is 32.4. The summed E-state index contributed by atoms with van der Waals surface area (Å²) in [6.07, 6.45) is 9.58. The quantitative estimate of drug-likeness (QED) is 0.0186. The van der Waals surface area contributed by atoms with Gasteiger partial charge < -0.3 is 59.6 Å². The molecule has 7 aromatic carbocycles. The number of nitrogens with zero attached hydrogens (tertiary/aromatic N) is 11. The van der Waals surface area contributed by atoms with E-state index in [1.165, 1.54) is 84.2 Å². The van der Waals surface area contributed by atoms with Gasteiger partial charge in [-0.15, -0.1) is 22.7 Å². The lowest BCUT2D eigenvalue weighted by Crippen LogP contribution is -2.49. The number of piperazine rings is 1. The van der Waals surface area contributed by atoms with E-state index in [0.29, 0.717) is 102 Å². The minimum Gasteiger partial charge on any atom is -0.497 e. The normalized spacial score (nSPS) is 13.9. The molecule has 130 heavy (non-hydrogen) atoms. The number of hydrogen-bond acceptors (Lipinski definition) is 20. The Kier molecular flexibility index (Phi) is 29.0. The minimum atomic E-state index is -1.27. The third kappa shape index (κ3) is 21.4. The Balaban J connectivity index is 0.000000142. The van der Waals surface area contributed by atoms with E-state index in [2.05, 4.69) is 188 Å². The van der Waals surface area contributed by atoms with Crippen molar-refractivity contribution in [1.82, 2.24) is 59.0 Å². The first-order valence-corrected chi connectivity index (χ1v) is 46.1. The van der Waals surface area contributed by atoms with Crippen LogP contribution >= 0.6 is 58.9 Å². The zero-order valence-corrected chi connectivity index (χ0v) is 77.6. The molecule has 2 amide bonds. The van der Waals surface area contributed by atoms with E-state index in [4.69, 9.17) is 54.5 Å². The number of aryl methyl sites for hydroxylation is 5. The summed E-state index contributed by atoms with van der Waals surface area (Å²) in [7, 11) is 3.30. The van der Waals surface area contributed by atoms with Crippen molar-refractivity contribution in [1.29, 1.82) is 0 Å². The monoisotopic (exact) mass is 1830 g/mol. The molecule has 1 saturated carbocycles. The average Bonchev–Trinajstić information content (AvgIpc) is 1.51. The first-order chi connectivity index (χ1) is 62.9. The molecule has 3 aliphatic rings. The van der Waals surface area contributed by atoms with E-state index in [-0.39, 0.29) is 31.9 Å². The van der Waals surface area contributed by atoms with Gasteiger partial charge in [-0.1, -0.05) is 159 Å². The maximum absolute atomic E-state index is 12.5. The number of primary amides is 1. The van der Waals surface area contributed by atoms with Crippen molar-refractivity contribution in [3.8, 4) is 23.1 Å². The van der Waals surface area contributed by atoms with Gasteiger partial charge in [0.1, 0.15) is 28.5 Å². The van der Waals surface area contributed by atoms with E-state index >= 15 is 0 Å². The van der Waals surface area contributed by atoms with Gasteiger partial charge in [-0.2, -0.15) is 10.1 Å². The number of hydrogen-bond donors (Lipinski definition) is 6. The number of anilines is 3. The second-order valence-corrected chi connectivity index (χ2v) is 36.5. The standard InChI is InChI=1S/C25H27N3O2S2.C23H23N5O4S.C20H21N3.C17H17N3O2.C15H12N2OS2.2H2/c1-17-20(21-8-4-5-9-22(21)26-17)12-13-28(16-19-7-6-14-32-19)25(31)27-23-15-18(29-2)10-11-24(23)30-3;1-2-26-14-17(22(31)32)20(30)16-13-24-23(25-21(16)26)28-10-8-27(9-11-28)19(33)12-18(29)15-6-4-3-5-7-15;1-11-9-17(21-15-8-6-5-7-13(11)15)23-16-10-14-19(20(14,3)4)18(16)12(2)22-23;21-16(11-6-12-22-13-7-2-1-3-8-13)20-17-18-14-9-4-5-10-15(14)19-17;1-9-2-4-10(5-3-9)19-13-7-17-8-14-11(13)6-12(20-14)15(16)18;;/h4-11,14-15,26H,12-13,16H2,1-3H3,(H,27,31);3-7,13-14H,2,8-12H2,1H3,(H,31,32);5-9,14,19H,10H2,1-4H3;1-5,7-10H,6,11-12H2,(H2,18,19,20,21);2-8H,1H3,(H2,16,18);2*1H. The molecule has 9 aromatic heterocycles. The Morgan fingerprint density at radius 2 is 1.45 bits per heavy atom. The van der Waals surface area contributed by atoms with E-state index in [0.717, 1.165) is 97.0 Å². The number of carbonyl (C=O) groups excluding carboxylic acids is 3. The Morgan fingerprint density at radius 3 is 2.16 bits per heavy atom. The van der Waals surface area contributed by atoms with E-state index in [1.807, 2.05) is 120 Å². The molecular weight excluding hydrogens is 1730 g/mol. The number of methoxy groups -OCH3 is 2. The SMILES string of the molecule is CCn1cc(C(=O)O)c(=O)c2cnc(N3CCN(C(=S)CC(=O)c4ccccc4)CC3)nc21.COc1ccc(OC)c(NC(=S)N(CCc2c(C)[nH]c3ccccc23)Cc2cccs2)c1.Cc1ccc(Sc2cncc3sc(C(N)=O)cc23)cc1.Cc1nn(-c2cc(C)c3ccccc3n2)c2c1C1C(C2)C1(C)C.O=C(CCCOc1ccccc1)Nc1nc2ccccc2[nH]1.[HH].[HH]. The number of aromatic carboxylic acids is 1. The summed E-state index contributed by atoms with van der Waals surface area (Å²) in [6.45, 7) is 20.1. The number of imidazole rings is 1. The number of ether oxygens (including phenoxy) is 3. The number of nitrogens with one attached hydrogen (secondary N) is 4. The number of para-hydroxylation sites is 5. The summed E-state index contributed by atoms with van der Waals surface area (Å²) < 4.78 is 21.2. The summed E-state index contributed by atoms with van der Waals surface area (Å²) in [5, 5.41) is 26.7. The lowest BCUT2D eigenvalue weighted by Gasteiger charge is -2.36. The molecule has 25 nitrogen and oxygen atoms in total. The summed E-state index contributed by atoms with van der Waals surface area (Å²) in [5.41, 5.74) is 19.8.